The van der Waals surface area contributed by atoms with E-state index in [0.29, 0.717) is 22.0 Å². The Kier molecular flexibility index (Phi) is 3.51. The zero-order valence-corrected chi connectivity index (χ0v) is 14.2. The summed E-state index contributed by atoms with van der Waals surface area (Å²) in [7, 11) is 0. The second-order valence-electron chi connectivity index (χ2n) is 5.08. The van der Waals surface area contributed by atoms with E-state index in [1.807, 2.05) is 18.2 Å². The first-order chi connectivity index (χ1) is 11.4. The predicted molar refractivity (Wildman–Crippen MR) is 90.4 cm³/mol. The number of benzene rings is 2. The number of aromatic nitrogens is 1. The monoisotopic (exact) mass is 412 g/mol. The highest BCUT2D eigenvalue weighted by molar-refractivity contribution is 9.10. The van der Waals surface area contributed by atoms with E-state index in [1.165, 1.54) is 12.1 Å². The fraction of sp³-hybridized carbons (Fsp3) is 0.0625. The molecule has 1 aliphatic rings. The van der Waals surface area contributed by atoms with Crippen LogP contribution in [0.5, 0.6) is 11.5 Å². The third kappa shape index (κ3) is 2.74. The quantitative estimate of drug-likeness (QED) is 0.584. The molecule has 2 heterocycles. The summed E-state index contributed by atoms with van der Waals surface area (Å²) in [5.41, 5.74) is 1.16. The average Bonchev–Trinajstić information content (AvgIpc) is 2.84. The van der Waals surface area contributed by atoms with Crippen LogP contribution in [0.4, 0.5) is 20.3 Å². The molecule has 0 saturated heterocycles. The van der Waals surface area contributed by atoms with Gasteiger partial charge in [0.15, 0.2) is 11.5 Å². The standard InChI is InChI=1S/C16H8BrClF2N2O2/c17-10-4-1-8-2-6-13(22-15(8)14(10)18)21-9-3-5-11-12(7-9)24-16(19,20)23-11/h1-7H,(H,21,22). The van der Waals surface area contributed by atoms with Gasteiger partial charge in [0.25, 0.3) is 0 Å². The summed E-state index contributed by atoms with van der Waals surface area (Å²) in [5.74, 6) is 0.476. The van der Waals surface area contributed by atoms with E-state index in [0.717, 1.165) is 9.86 Å². The molecule has 1 aromatic heterocycles. The first-order valence-corrected chi connectivity index (χ1v) is 8.00. The first-order valence-electron chi connectivity index (χ1n) is 6.83. The average molecular weight is 414 g/mol. The van der Waals surface area contributed by atoms with Gasteiger partial charge in [0.05, 0.1) is 10.5 Å². The maximum Gasteiger partial charge on any atom is 0.586 e. The van der Waals surface area contributed by atoms with Gasteiger partial charge >= 0.3 is 6.29 Å². The predicted octanol–water partition coefficient (Wildman–Crippen LogP) is 5.72. The van der Waals surface area contributed by atoms with Crippen molar-refractivity contribution in [3.63, 3.8) is 0 Å². The van der Waals surface area contributed by atoms with E-state index in [-0.39, 0.29) is 11.5 Å². The molecule has 0 atom stereocenters. The minimum atomic E-state index is -3.64. The number of hydrogen-bond acceptors (Lipinski definition) is 4. The largest absolute Gasteiger partial charge is 0.586 e. The molecule has 0 bridgehead atoms. The molecule has 0 spiro atoms. The van der Waals surface area contributed by atoms with Crippen molar-refractivity contribution in [2.45, 2.75) is 6.29 Å². The van der Waals surface area contributed by atoms with Gasteiger partial charge in [-0.2, -0.15) is 0 Å². The lowest BCUT2D eigenvalue weighted by Crippen LogP contribution is -2.25. The SMILES string of the molecule is FC1(F)Oc2ccc(Nc3ccc4ccc(Br)c(Cl)c4n3)cc2O1. The van der Waals surface area contributed by atoms with Gasteiger partial charge in [-0.05, 0) is 46.3 Å². The number of alkyl halides is 2. The van der Waals surface area contributed by atoms with Crippen molar-refractivity contribution in [2.75, 3.05) is 5.32 Å². The van der Waals surface area contributed by atoms with Crippen molar-refractivity contribution in [1.29, 1.82) is 0 Å². The number of nitrogens with one attached hydrogen (secondary N) is 1. The molecule has 0 saturated carbocycles. The highest BCUT2D eigenvalue weighted by Gasteiger charge is 2.43. The molecule has 0 radical (unpaired) electrons. The van der Waals surface area contributed by atoms with E-state index in [2.05, 4.69) is 35.7 Å². The zero-order valence-electron chi connectivity index (χ0n) is 11.8. The smallest absolute Gasteiger partial charge is 0.395 e. The first kappa shape index (κ1) is 15.4. The number of nitrogens with zero attached hydrogens (tertiary/aromatic N) is 1. The van der Waals surface area contributed by atoms with Crippen LogP contribution < -0.4 is 14.8 Å². The van der Waals surface area contributed by atoms with Crippen LogP contribution in [0.3, 0.4) is 0 Å². The molecule has 1 aliphatic heterocycles. The fourth-order valence-corrected chi connectivity index (χ4v) is 2.91. The van der Waals surface area contributed by atoms with Crippen molar-refractivity contribution in [3.05, 3.63) is 52.0 Å². The lowest BCUT2D eigenvalue weighted by Gasteiger charge is -2.08. The van der Waals surface area contributed by atoms with Crippen molar-refractivity contribution in [2.24, 2.45) is 0 Å². The van der Waals surface area contributed by atoms with Gasteiger partial charge < -0.3 is 14.8 Å². The summed E-state index contributed by atoms with van der Waals surface area (Å²) in [4.78, 5) is 4.46. The van der Waals surface area contributed by atoms with Crippen LogP contribution >= 0.6 is 27.5 Å². The van der Waals surface area contributed by atoms with Gasteiger partial charge in [0, 0.05) is 21.6 Å². The second kappa shape index (κ2) is 5.46. The van der Waals surface area contributed by atoms with Crippen molar-refractivity contribution >= 4 is 49.9 Å². The number of fused-ring (bicyclic) bond motifs is 2. The summed E-state index contributed by atoms with van der Waals surface area (Å²) in [5, 5.41) is 4.42. The number of ether oxygens (including phenoxy) is 2. The molecule has 1 N–H and O–H groups in total. The second-order valence-corrected chi connectivity index (χ2v) is 6.32. The topological polar surface area (TPSA) is 43.4 Å². The summed E-state index contributed by atoms with van der Waals surface area (Å²) in [6.07, 6.45) is -3.64. The van der Waals surface area contributed by atoms with Gasteiger partial charge in [-0.15, -0.1) is 8.78 Å². The van der Waals surface area contributed by atoms with Crippen LogP contribution in [-0.4, -0.2) is 11.3 Å². The Balaban J connectivity index is 1.67. The van der Waals surface area contributed by atoms with E-state index in [4.69, 9.17) is 11.6 Å². The molecular formula is C16H8BrClF2N2O2. The van der Waals surface area contributed by atoms with E-state index < -0.39 is 6.29 Å². The van der Waals surface area contributed by atoms with Crippen molar-refractivity contribution in [3.8, 4) is 11.5 Å². The molecule has 122 valence electrons. The Morgan fingerprint density at radius 2 is 1.79 bits per heavy atom. The van der Waals surface area contributed by atoms with E-state index in [9.17, 15) is 8.78 Å². The minimum Gasteiger partial charge on any atom is -0.395 e. The Bertz CT molecular complexity index is 968. The third-order valence-electron chi connectivity index (χ3n) is 3.43. The van der Waals surface area contributed by atoms with Crippen LogP contribution in [0.2, 0.25) is 5.02 Å². The van der Waals surface area contributed by atoms with Gasteiger partial charge in [-0.25, -0.2) is 4.98 Å². The summed E-state index contributed by atoms with van der Waals surface area (Å²) in [6.45, 7) is 0. The van der Waals surface area contributed by atoms with Gasteiger partial charge in [0.2, 0.25) is 0 Å². The third-order valence-corrected chi connectivity index (χ3v) is 4.70. The van der Waals surface area contributed by atoms with Crippen molar-refractivity contribution in [1.82, 2.24) is 4.98 Å². The normalized spacial score (nSPS) is 14.8. The molecule has 0 unspecified atom stereocenters. The maximum absolute atomic E-state index is 13.1. The summed E-state index contributed by atoms with van der Waals surface area (Å²) < 4.78 is 35.7. The molecule has 0 amide bonds. The Hall–Kier alpha value is -2.12. The molecule has 0 fully saturated rings. The van der Waals surface area contributed by atoms with Crippen molar-refractivity contribution < 1.29 is 18.3 Å². The summed E-state index contributed by atoms with van der Waals surface area (Å²) in [6, 6.07) is 11.8. The Morgan fingerprint density at radius 1 is 1.04 bits per heavy atom. The highest BCUT2D eigenvalue weighted by atomic mass is 79.9. The molecule has 3 aromatic rings. The number of hydrogen-bond donors (Lipinski definition) is 1. The number of halogens is 4. The Labute approximate surface area is 148 Å². The van der Waals surface area contributed by atoms with Gasteiger partial charge in [0.1, 0.15) is 5.82 Å². The molecule has 8 heteroatoms. The van der Waals surface area contributed by atoms with E-state index >= 15 is 0 Å². The molecule has 2 aromatic carbocycles. The molecule has 4 rings (SSSR count). The summed E-state index contributed by atoms with van der Waals surface area (Å²) >= 11 is 9.61. The van der Waals surface area contributed by atoms with Crippen LogP contribution in [0.25, 0.3) is 10.9 Å². The lowest BCUT2D eigenvalue weighted by atomic mass is 10.2. The number of anilines is 2. The van der Waals surface area contributed by atoms with Gasteiger partial charge in [-0.1, -0.05) is 17.7 Å². The van der Waals surface area contributed by atoms with Gasteiger partial charge in [-0.3, -0.25) is 0 Å². The number of pyridine rings is 1. The van der Waals surface area contributed by atoms with Crippen LogP contribution in [0, 0.1) is 0 Å². The maximum atomic E-state index is 13.1. The molecule has 24 heavy (non-hydrogen) atoms. The molecule has 4 nitrogen and oxygen atoms in total. The molecular weight excluding hydrogens is 406 g/mol. The lowest BCUT2D eigenvalue weighted by molar-refractivity contribution is -0.286. The van der Waals surface area contributed by atoms with Crippen LogP contribution in [0.15, 0.2) is 46.9 Å². The number of rotatable bonds is 2. The molecule has 0 aliphatic carbocycles. The minimum absolute atomic E-state index is 0.0102. The fourth-order valence-electron chi connectivity index (χ4n) is 2.37. The van der Waals surface area contributed by atoms with Crippen LogP contribution in [0.1, 0.15) is 0 Å². The van der Waals surface area contributed by atoms with Crippen LogP contribution in [-0.2, 0) is 0 Å². The highest BCUT2D eigenvalue weighted by Crippen LogP contribution is 2.42. The zero-order chi connectivity index (χ0) is 16.9. The van der Waals surface area contributed by atoms with E-state index in [1.54, 1.807) is 12.1 Å². The Morgan fingerprint density at radius 3 is 2.62 bits per heavy atom.